The highest BCUT2D eigenvalue weighted by Gasteiger charge is 2.03. The number of unbranched alkanes of at least 4 members (excludes halogenated alkanes) is 7. The number of phenols is 1. The highest BCUT2D eigenvalue weighted by atomic mass is 16.3. The second-order valence-corrected chi connectivity index (χ2v) is 8.59. The van der Waals surface area contributed by atoms with Gasteiger partial charge in [-0.2, -0.15) is 0 Å². The molecule has 0 heterocycles. The lowest BCUT2D eigenvalue weighted by atomic mass is 9.95. The molecule has 150 valence electrons. The summed E-state index contributed by atoms with van der Waals surface area (Å²) in [4.78, 5) is 0. The topological polar surface area (TPSA) is 20.2 Å². The third-order valence-corrected chi connectivity index (χ3v) is 5.91. The fourth-order valence-electron chi connectivity index (χ4n) is 3.75. The van der Waals surface area contributed by atoms with Crippen LogP contribution < -0.4 is 0 Å². The van der Waals surface area contributed by atoms with Gasteiger partial charge >= 0.3 is 0 Å². The van der Waals surface area contributed by atoms with Crippen LogP contribution in [0.5, 0.6) is 5.75 Å². The molecule has 0 radical (unpaired) electrons. The highest BCUT2D eigenvalue weighted by Crippen LogP contribution is 2.20. The fraction of sp³-hybridized carbons (Fsp3) is 0.760. The van der Waals surface area contributed by atoms with E-state index in [4.69, 9.17) is 0 Å². The summed E-state index contributed by atoms with van der Waals surface area (Å²) in [7, 11) is 0. The summed E-state index contributed by atoms with van der Waals surface area (Å²) in [5, 5.41) is 9.47. The lowest BCUT2D eigenvalue weighted by molar-refractivity contribution is 0.423. The van der Waals surface area contributed by atoms with Gasteiger partial charge in [-0.15, -0.1) is 0 Å². The monoisotopic (exact) mass is 360 g/mol. The van der Waals surface area contributed by atoms with Crippen molar-refractivity contribution in [3.05, 3.63) is 29.8 Å². The number of benzene rings is 1. The lowest BCUT2D eigenvalue weighted by Crippen LogP contribution is -1.96. The van der Waals surface area contributed by atoms with Crippen LogP contribution in [-0.2, 0) is 6.42 Å². The quantitative estimate of drug-likeness (QED) is 0.294. The van der Waals surface area contributed by atoms with Crippen LogP contribution in [0.3, 0.4) is 0 Å². The Kier molecular flexibility index (Phi) is 13.4. The number of phenolic OH excluding ortho intramolecular Hbond substituents is 1. The van der Waals surface area contributed by atoms with Crippen LogP contribution in [0.1, 0.15) is 110 Å². The Morgan fingerprint density at radius 2 is 1.27 bits per heavy atom. The highest BCUT2D eigenvalue weighted by molar-refractivity contribution is 5.27. The molecular formula is C25H44O. The number of aromatic hydroxyl groups is 1. The Balaban J connectivity index is 1.86. The van der Waals surface area contributed by atoms with Crippen molar-refractivity contribution in [1.82, 2.24) is 0 Å². The van der Waals surface area contributed by atoms with Crippen molar-refractivity contribution in [2.45, 2.75) is 111 Å². The summed E-state index contributed by atoms with van der Waals surface area (Å²) >= 11 is 0. The van der Waals surface area contributed by atoms with Gasteiger partial charge in [0.05, 0.1) is 0 Å². The maximum absolute atomic E-state index is 9.47. The molecule has 0 amide bonds. The van der Waals surface area contributed by atoms with E-state index in [0.29, 0.717) is 5.75 Å². The Hall–Kier alpha value is -0.980. The Labute approximate surface area is 163 Å². The van der Waals surface area contributed by atoms with Crippen LogP contribution in [0.15, 0.2) is 24.3 Å². The lowest BCUT2D eigenvalue weighted by Gasteiger charge is -2.11. The summed E-state index contributed by atoms with van der Waals surface area (Å²) in [6.45, 7) is 7.14. The summed E-state index contributed by atoms with van der Waals surface area (Å²) in [6, 6.07) is 7.70. The minimum atomic E-state index is 0.395. The van der Waals surface area contributed by atoms with E-state index in [1.807, 2.05) is 12.1 Å². The van der Waals surface area contributed by atoms with Crippen molar-refractivity contribution < 1.29 is 5.11 Å². The van der Waals surface area contributed by atoms with E-state index in [9.17, 15) is 5.11 Å². The average Bonchev–Trinajstić information content (AvgIpc) is 2.63. The minimum Gasteiger partial charge on any atom is -0.508 e. The molecule has 0 fully saturated rings. The maximum atomic E-state index is 9.47. The number of hydrogen-bond donors (Lipinski definition) is 1. The molecule has 1 aromatic rings. The summed E-state index contributed by atoms with van der Waals surface area (Å²) in [5.41, 5.74) is 1.27. The van der Waals surface area contributed by atoms with Crippen molar-refractivity contribution in [2.24, 2.45) is 11.8 Å². The van der Waals surface area contributed by atoms with E-state index in [2.05, 4.69) is 26.8 Å². The first kappa shape index (κ1) is 23.1. The first-order chi connectivity index (χ1) is 12.6. The summed E-state index contributed by atoms with van der Waals surface area (Å²) in [6.07, 6.45) is 19.2. The van der Waals surface area contributed by atoms with Crippen molar-refractivity contribution in [3.8, 4) is 5.75 Å². The van der Waals surface area contributed by atoms with E-state index in [0.717, 1.165) is 18.3 Å². The molecule has 1 N–H and O–H groups in total. The van der Waals surface area contributed by atoms with Crippen molar-refractivity contribution in [3.63, 3.8) is 0 Å². The zero-order valence-corrected chi connectivity index (χ0v) is 17.8. The molecule has 0 aliphatic carbocycles. The Morgan fingerprint density at radius 1 is 0.731 bits per heavy atom. The molecular weight excluding hydrogens is 316 g/mol. The van der Waals surface area contributed by atoms with E-state index in [-0.39, 0.29) is 0 Å². The molecule has 2 atom stereocenters. The average molecular weight is 361 g/mol. The third kappa shape index (κ3) is 12.4. The first-order valence-corrected chi connectivity index (χ1v) is 11.4. The molecule has 0 unspecified atom stereocenters. The van der Waals surface area contributed by atoms with E-state index >= 15 is 0 Å². The predicted molar refractivity (Wildman–Crippen MR) is 116 cm³/mol. The van der Waals surface area contributed by atoms with Crippen molar-refractivity contribution in [2.75, 3.05) is 0 Å². The molecule has 0 spiro atoms. The van der Waals surface area contributed by atoms with E-state index in [1.54, 1.807) is 6.07 Å². The molecule has 26 heavy (non-hydrogen) atoms. The van der Waals surface area contributed by atoms with Crippen LogP contribution in [0, 0.1) is 11.8 Å². The van der Waals surface area contributed by atoms with Crippen LogP contribution in [0.2, 0.25) is 0 Å². The third-order valence-electron chi connectivity index (χ3n) is 5.91. The minimum absolute atomic E-state index is 0.395. The standard InChI is InChI=1S/C25H44O/c1-4-22(2)15-10-8-9-12-17-23(3)16-11-6-5-7-13-18-24-19-14-20-25(26)21-24/h14,19-23,26H,4-13,15-18H2,1-3H3/t22-,23+/m1/s1. The Morgan fingerprint density at radius 3 is 1.85 bits per heavy atom. The molecule has 0 aromatic heterocycles. The van der Waals surface area contributed by atoms with Gasteiger partial charge in [0.25, 0.3) is 0 Å². The van der Waals surface area contributed by atoms with Crippen LogP contribution in [-0.4, -0.2) is 5.11 Å². The zero-order chi connectivity index (χ0) is 19.0. The van der Waals surface area contributed by atoms with Gasteiger partial charge in [-0.05, 0) is 42.4 Å². The van der Waals surface area contributed by atoms with Crippen LogP contribution in [0.4, 0.5) is 0 Å². The summed E-state index contributed by atoms with van der Waals surface area (Å²) < 4.78 is 0. The molecule has 1 nitrogen and oxygen atoms in total. The molecule has 0 bridgehead atoms. The van der Waals surface area contributed by atoms with Gasteiger partial charge in [0.15, 0.2) is 0 Å². The molecule has 0 saturated carbocycles. The van der Waals surface area contributed by atoms with Gasteiger partial charge in [0, 0.05) is 0 Å². The van der Waals surface area contributed by atoms with Crippen LogP contribution >= 0.6 is 0 Å². The molecule has 0 saturated heterocycles. The molecule has 1 aromatic carbocycles. The van der Waals surface area contributed by atoms with Crippen LogP contribution in [0.25, 0.3) is 0 Å². The second-order valence-electron chi connectivity index (χ2n) is 8.59. The number of hydrogen-bond acceptors (Lipinski definition) is 1. The second kappa shape index (κ2) is 15.1. The zero-order valence-electron chi connectivity index (χ0n) is 17.8. The first-order valence-electron chi connectivity index (χ1n) is 11.4. The van der Waals surface area contributed by atoms with Gasteiger partial charge < -0.3 is 5.11 Å². The predicted octanol–water partition coefficient (Wildman–Crippen LogP) is 8.30. The van der Waals surface area contributed by atoms with Crippen molar-refractivity contribution >= 4 is 0 Å². The van der Waals surface area contributed by atoms with Crippen molar-refractivity contribution in [1.29, 1.82) is 0 Å². The molecule has 1 heteroatoms. The molecule has 0 aliphatic rings. The SMILES string of the molecule is CC[C@@H](C)CCCCCC[C@@H](C)CCCCCCCc1cccc(O)c1. The summed E-state index contributed by atoms with van der Waals surface area (Å²) in [5.74, 6) is 2.23. The van der Waals surface area contributed by atoms with Gasteiger partial charge in [0.1, 0.15) is 5.75 Å². The van der Waals surface area contributed by atoms with Gasteiger partial charge in [-0.25, -0.2) is 0 Å². The normalized spacial score (nSPS) is 13.7. The number of aryl methyl sites for hydroxylation is 1. The Bertz CT molecular complexity index is 440. The fourth-order valence-corrected chi connectivity index (χ4v) is 3.75. The van der Waals surface area contributed by atoms with Gasteiger partial charge in [0.2, 0.25) is 0 Å². The van der Waals surface area contributed by atoms with Gasteiger partial charge in [-0.1, -0.05) is 110 Å². The molecule has 1 rings (SSSR count). The maximum Gasteiger partial charge on any atom is 0.115 e. The number of rotatable bonds is 16. The van der Waals surface area contributed by atoms with Gasteiger partial charge in [-0.3, -0.25) is 0 Å². The smallest absolute Gasteiger partial charge is 0.115 e. The van der Waals surface area contributed by atoms with E-state index < -0.39 is 0 Å². The molecule has 0 aliphatic heterocycles. The van der Waals surface area contributed by atoms with E-state index in [1.165, 1.54) is 89.0 Å². The largest absolute Gasteiger partial charge is 0.508 e.